The van der Waals surface area contributed by atoms with E-state index in [1.165, 1.54) is 23.1 Å². The second-order valence-electron chi connectivity index (χ2n) is 7.87. The summed E-state index contributed by atoms with van der Waals surface area (Å²) in [6, 6.07) is 4.94. The van der Waals surface area contributed by atoms with E-state index in [9.17, 15) is 19.1 Å². The number of hydrogen-bond donors (Lipinski definition) is 1. The predicted molar refractivity (Wildman–Crippen MR) is 111 cm³/mol. The van der Waals surface area contributed by atoms with Crippen LogP contribution >= 0.6 is 0 Å². The third-order valence-corrected chi connectivity index (χ3v) is 5.45. The van der Waals surface area contributed by atoms with Crippen LogP contribution in [0.1, 0.15) is 35.0 Å². The summed E-state index contributed by atoms with van der Waals surface area (Å²) in [5, 5.41) is 15.4. The lowest BCUT2D eigenvalue weighted by molar-refractivity contribution is -0.139. The number of nitrogens with zero attached hydrogens (tertiary/aromatic N) is 4. The van der Waals surface area contributed by atoms with Crippen LogP contribution in [0.25, 0.3) is 5.76 Å². The molecule has 30 heavy (non-hydrogen) atoms. The molecule has 1 amide bonds. The maximum absolute atomic E-state index is 14.0. The lowest BCUT2D eigenvalue weighted by Crippen LogP contribution is -2.32. The Balaban J connectivity index is 2.16. The van der Waals surface area contributed by atoms with Crippen LogP contribution < -0.4 is 0 Å². The van der Waals surface area contributed by atoms with E-state index in [2.05, 4.69) is 5.10 Å². The minimum atomic E-state index is -0.859. The van der Waals surface area contributed by atoms with Crippen LogP contribution in [-0.4, -0.2) is 63.6 Å². The van der Waals surface area contributed by atoms with Crippen LogP contribution in [-0.2, 0) is 16.6 Å². The molecule has 7 nitrogen and oxygen atoms in total. The number of halogens is 1. The maximum atomic E-state index is 14.0. The van der Waals surface area contributed by atoms with E-state index in [-0.39, 0.29) is 11.3 Å². The van der Waals surface area contributed by atoms with Gasteiger partial charge in [-0.15, -0.1) is 0 Å². The Bertz CT molecular complexity index is 1030. The average Bonchev–Trinajstić information content (AvgIpc) is 3.07. The fourth-order valence-corrected chi connectivity index (χ4v) is 3.94. The minimum absolute atomic E-state index is 0.0327. The highest BCUT2D eigenvalue weighted by Gasteiger charge is 2.46. The highest BCUT2D eigenvalue weighted by Crippen LogP contribution is 2.40. The van der Waals surface area contributed by atoms with Gasteiger partial charge in [-0.1, -0.05) is 12.1 Å². The van der Waals surface area contributed by atoms with Crippen molar-refractivity contribution >= 4 is 17.4 Å². The molecule has 1 N–H and O–H groups in total. The summed E-state index contributed by atoms with van der Waals surface area (Å²) in [4.78, 5) is 29.3. The largest absolute Gasteiger partial charge is 0.507 e. The van der Waals surface area contributed by atoms with Gasteiger partial charge in [0.1, 0.15) is 11.6 Å². The molecule has 1 atom stereocenters. The molecule has 1 saturated heterocycles. The Morgan fingerprint density at radius 2 is 1.97 bits per heavy atom. The zero-order valence-electron chi connectivity index (χ0n) is 17.9. The molecule has 2 heterocycles. The first kappa shape index (κ1) is 21.7. The lowest BCUT2D eigenvalue weighted by atomic mass is 9.94. The maximum Gasteiger partial charge on any atom is 0.295 e. The molecule has 160 valence electrons. The molecule has 0 saturated carbocycles. The molecule has 0 radical (unpaired) electrons. The van der Waals surface area contributed by atoms with Crippen LogP contribution in [0.3, 0.4) is 0 Å². The van der Waals surface area contributed by atoms with E-state index in [1.54, 1.807) is 31.6 Å². The number of amides is 1. The number of likely N-dealkylation sites (tertiary alicyclic amines) is 1. The van der Waals surface area contributed by atoms with Crippen molar-refractivity contribution in [3.05, 3.63) is 58.2 Å². The monoisotopic (exact) mass is 414 g/mol. The van der Waals surface area contributed by atoms with E-state index in [4.69, 9.17) is 0 Å². The second-order valence-corrected chi connectivity index (χ2v) is 7.87. The van der Waals surface area contributed by atoms with Gasteiger partial charge in [0.05, 0.1) is 22.9 Å². The quantitative estimate of drug-likeness (QED) is 0.447. The predicted octanol–water partition coefficient (Wildman–Crippen LogP) is 2.55. The highest BCUT2D eigenvalue weighted by atomic mass is 19.1. The minimum Gasteiger partial charge on any atom is -0.507 e. The molecular formula is C22H27FN4O3. The number of ketones is 1. The number of aryl methyl sites for hydroxylation is 2. The normalized spacial score (nSPS) is 18.6. The van der Waals surface area contributed by atoms with Crippen molar-refractivity contribution in [1.29, 1.82) is 0 Å². The number of Topliss-reactive ketones (excluding diaryl/α,β-unsaturated/α-hetero) is 1. The van der Waals surface area contributed by atoms with Gasteiger partial charge >= 0.3 is 0 Å². The molecule has 0 spiro atoms. The van der Waals surface area contributed by atoms with E-state index < -0.39 is 23.5 Å². The third-order valence-electron chi connectivity index (χ3n) is 5.45. The van der Waals surface area contributed by atoms with Gasteiger partial charge in [0.2, 0.25) is 0 Å². The molecule has 0 unspecified atom stereocenters. The third kappa shape index (κ3) is 3.87. The Hall–Kier alpha value is -3.00. The van der Waals surface area contributed by atoms with E-state index in [0.717, 1.165) is 6.54 Å². The van der Waals surface area contributed by atoms with Crippen molar-refractivity contribution in [1.82, 2.24) is 19.6 Å². The van der Waals surface area contributed by atoms with Gasteiger partial charge in [0.15, 0.2) is 0 Å². The summed E-state index contributed by atoms with van der Waals surface area (Å²) in [5.74, 6) is -2.21. The molecule has 1 aromatic heterocycles. The van der Waals surface area contributed by atoms with Gasteiger partial charge in [-0.25, -0.2) is 4.39 Å². The Morgan fingerprint density at radius 1 is 1.27 bits per heavy atom. The van der Waals surface area contributed by atoms with Crippen LogP contribution in [0, 0.1) is 19.7 Å². The zero-order valence-corrected chi connectivity index (χ0v) is 17.9. The van der Waals surface area contributed by atoms with E-state index in [0.29, 0.717) is 35.5 Å². The van der Waals surface area contributed by atoms with Gasteiger partial charge in [-0.3, -0.25) is 14.3 Å². The highest BCUT2D eigenvalue weighted by molar-refractivity contribution is 6.46. The van der Waals surface area contributed by atoms with Crippen molar-refractivity contribution in [2.24, 2.45) is 7.05 Å². The first-order valence-corrected chi connectivity index (χ1v) is 9.82. The summed E-state index contributed by atoms with van der Waals surface area (Å²) in [6.45, 7) is 4.54. The summed E-state index contributed by atoms with van der Waals surface area (Å²) >= 11 is 0. The fourth-order valence-electron chi connectivity index (χ4n) is 3.94. The average molecular weight is 414 g/mol. The van der Waals surface area contributed by atoms with Crippen LogP contribution in [0.15, 0.2) is 29.8 Å². The van der Waals surface area contributed by atoms with Gasteiger partial charge in [0, 0.05) is 19.3 Å². The van der Waals surface area contributed by atoms with Crippen molar-refractivity contribution < 1.29 is 19.1 Å². The number of aliphatic hydroxyl groups excluding tert-OH is 1. The van der Waals surface area contributed by atoms with Gasteiger partial charge < -0.3 is 14.9 Å². The number of carbonyl (C=O) groups excluding carboxylic acids is 2. The molecular weight excluding hydrogens is 387 g/mol. The molecule has 1 fully saturated rings. The van der Waals surface area contributed by atoms with Crippen LogP contribution in [0.5, 0.6) is 0 Å². The smallest absolute Gasteiger partial charge is 0.295 e. The van der Waals surface area contributed by atoms with Crippen molar-refractivity contribution in [3.63, 3.8) is 0 Å². The standard InChI is InChI=1S/C22H27FN4O3/c1-13-17(14(2)26(5)24-13)20(28)18-19(15-8-6-9-16(23)12-15)27(22(30)21(18)29)11-7-10-25(3)4/h6,8-9,12,19,28H,7,10-11H2,1-5H3/b20-18+/t19-/m1/s1. The number of rotatable bonds is 6. The molecule has 0 bridgehead atoms. The lowest BCUT2D eigenvalue weighted by Gasteiger charge is -2.26. The summed E-state index contributed by atoms with van der Waals surface area (Å²) in [7, 11) is 5.58. The fraction of sp³-hybridized carbons (Fsp3) is 0.409. The summed E-state index contributed by atoms with van der Waals surface area (Å²) in [5.41, 5.74) is 2.05. The molecule has 0 aliphatic carbocycles. The number of carbonyl (C=O) groups is 2. The molecule has 8 heteroatoms. The van der Waals surface area contributed by atoms with Crippen LogP contribution in [0.2, 0.25) is 0 Å². The van der Waals surface area contributed by atoms with Crippen molar-refractivity contribution in [2.45, 2.75) is 26.3 Å². The zero-order chi connectivity index (χ0) is 22.2. The van der Waals surface area contributed by atoms with Crippen molar-refractivity contribution in [3.8, 4) is 0 Å². The van der Waals surface area contributed by atoms with Crippen molar-refractivity contribution in [2.75, 3.05) is 27.2 Å². The molecule has 2 aromatic rings. The van der Waals surface area contributed by atoms with Gasteiger partial charge in [0.25, 0.3) is 11.7 Å². The number of aromatic nitrogens is 2. The topological polar surface area (TPSA) is 78.7 Å². The number of hydrogen-bond acceptors (Lipinski definition) is 5. The number of aliphatic hydroxyl groups is 1. The Labute approximate surface area is 175 Å². The molecule has 1 aliphatic heterocycles. The van der Waals surface area contributed by atoms with Gasteiger partial charge in [-0.2, -0.15) is 5.10 Å². The summed E-state index contributed by atoms with van der Waals surface area (Å²) in [6.07, 6.45) is 0.636. The number of benzene rings is 1. The SMILES string of the molecule is Cc1nn(C)c(C)c1/C(O)=C1\C(=O)C(=O)N(CCCN(C)C)[C@@H]1c1cccc(F)c1. The molecule has 3 rings (SSSR count). The first-order chi connectivity index (χ1) is 14.1. The second kappa shape index (κ2) is 8.39. The molecule has 1 aromatic carbocycles. The first-order valence-electron chi connectivity index (χ1n) is 9.82. The van der Waals surface area contributed by atoms with Crippen LogP contribution in [0.4, 0.5) is 4.39 Å². The van der Waals surface area contributed by atoms with E-state index in [1.807, 2.05) is 19.0 Å². The summed E-state index contributed by atoms with van der Waals surface area (Å²) < 4.78 is 15.6. The Morgan fingerprint density at radius 3 is 2.53 bits per heavy atom. The molecule has 1 aliphatic rings. The Kier molecular flexibility index (Phi) is 6.07. The van der Waals surface area contributed by atoms with Gasteiger partial charge in [-0.05, 0) is 58.6 Å². The van der Waals surface area contributed by atoms with E-state index >= 15 is 0 Å².